The van der Waals surface area contributed by atoms with E-state index in [0.29, 0.717) is 24.3 Å². The average Bonchev–Trinajstić information content (AvgIpc) is 2.74. The summed E-state index contributed by atoms with van der Waals surface area (Å²) in [5.41, 5.74) is 1.03. The molecular weight excluding hydrogens is 430 g/mol. The van der Waals surface area contributed by atoms with Gasteiger partial charge in [-0.05, 0) is 56.3 Å². The second-order valence-electron chi connectivity index (χ2n) is 6.25. The zero-order valence-corrected chi connectivity index (χ0v) is 18.7. The molecule has 2 aromatic rings. The molecule has 0 atom stereocenters. The predicted octanol–water partition coefficient (Wildman–Crippen LogP) is 3.26. The minimum Gasteiger partial charge on any atom is -0.339 e. The van der Waals surface area contributed by atoms with Crippen molar-refractivity contribution in [1.82, 2.24) is 9.37 Å². The fourth-order valence-electron chi connectivity index (χ4n) is 2.68. The molecule has 0 heterocycles. The van der Waals surface area contributed by atoms with E-state index in [-0.39, 0.29) is 21.4 Å². The van der Waals surface area contributed by atoms with Crippen molar-refractivity contribution in [2.24, 2.45) is 0 Å². The molecule has 0 radical (unpaired) electrons. The number of halogens is 1. The van der Waals surface area contributed by atoms with Gasteiger partial charge in [0.05, 0.1) is 22.6 Å². The summed E-state index contributed by atoms with van der Waals surface area (Å²) in [4.78, 5) is 31.3. The second-order valence-corrected chi connectivity index (χ2v) is 8.59. The molecule has 0 fully saturated rings. The maximum absolute atomic E-state index is 12.5. The van der Waals surface area contributed by atoms with Gasteiger partial charge < -0.3 is 10.2 Å². The number of rotatable bonds is 8. The third-order valence-electron chi connectivity index (χ3n) is 4.52. The van der Waals surface area contributed by atoms with Gasteiger partial charge >= 0.3 is 0 Å². The van der Waals surface area contributed by atoms with Gasteiger partial charge in [-0.3, -0.25) is 14.4 Å². The second kappa shape index (κ2) is 10.0. The molecule has 0 saturated carbocycles. The molecule has 0 spiro atoms. The highest BCUT2D eigenvalue weighted by atomic mass is 35.5. The van der Waals surface area contributed by atoms with E-state index in [1.807, 2.05) is 13.8 Å². The molecule has 30 heavy (non-hydrogen) atoms. The largest absolute Gasteiger partial charge is 0.339 e. The Labute approximate surface area is 181 Å². The summed E-state index contributed by atoms with van der Waals surface area (Å²) in [6, 6.07) is 10.1. The summed E-state index contributed by atoms with van der Waals surface area (Å²) in [6.45, 7) is 4.90. The summed E-state index contributed by atoms with van der Waals surface area (Å²) >= 11 is 6.24. The molecule has 0 bridgehead atoms. The van der Waals surface area contributed by atoms with Crippen molar-refractivity contribution < 1.29 is 22.8 Å². The SMILES string of the molecule is CCN(CC)C(=O)c1ccc(NC(=O)c2ccc(S(=O)(=O)N(C)OC)cc2)cc1Cl. The van der Waals surface area contributed by atoms with Crippen LogP contribution in [0.25, 0.3) is 0 Å². The number of anilines is 1. The number of sulfonamides is 1. The normalized spacial score (nSPS) is 11.4. The van der Waals surface area contributed by atoms with Crippen LogP contribution in [0.3, 0.4) is 0 Å². The third-order valence-corrected chi connectivity index (χ3v) is 6.52. The quantitative estimate of drug-likeness (QED) is 0.619. The number of nitrogens with one attached hydrogen (secondary N) is 1. The summed E-state index contributed by atoms with van der Waals surface area (Å²) in [5, 5.41) is 2.91. The van der Waals surface area contributed by atoms with Gasteiger partial charge in [0.25, 0.3) is 21.8 Å². The monoisotopic (exact) mass is 453 g/mol. The number of nitrogens with zero attached hydrogens (tertiary/aromatic N) is 2. The Kier molecular flexibility index (Phi) is 7.96. The van der Waals surface area contributed by atoms with Crippen LogP contribution in [0, 0.1) is 0 Å². The first kappa shape index (κ1) is 23.8. The standard InChI is InChI=1S/C20H24ClN3O5S/c1-5-24(6-2)20(26)17-12-9-15(13-18(17)21)22-19(25)14-7-10-16(11-8-14)30(27,28)23(3)29-4/h7-13H,5-6H2,1-4H3,(H,22,25). The summed E-state index contributed by atoms with van der Waals surface area (Å²) in [6.07, 6.45) is 0. The number of carbonyl (C=O) groups excluding carboxylic acids is 2. The Morgan fingerprint density at radius 2 is 1.67 bits per heavy atom. The van der Waals surface area contributed by atoms with Crippen LogP contribution in [0.1, 0.15) is 34.6 Å². The van der Waals surface area contributed by atoms with Gasteiger partial charge in [-0.15, -0.1) is 0 Å². The molecule has 0 unspecified atom stereocenters. The highest BCUT2D eigenvalue weighted by Gasteiger charge is 2.21. The Bertz CT molecular complexity index is 1020. The van der Waals surface area contributed by atoms with E-state index in [0.717, 1.165) is 4.47 Å². The van der Waals surface area contributed by atoms with Crippen LogP contribution >= 0.6 is 11.6 Å². The molecule has 0 aliphatic carbocycles. The highest BCUT2D eigenvalue weighted by molar-refractivity contribution is 7.89. The van der Waals surface area contributed by atoms with E-state index >= 15 is 0 Å². The first-order valence-corrected chi connectivity index (χ1v) is 11.0. The average molecular weight is 454 g/mol. The maximum atomic E-state index is 12.5. The highest BCUT2D eigenvalue weighted by Crippen LogP contribution is 2.23. The van der Waals surface area contributed by atoms with Gasteiger partial charge in [-0.2, -0.15) is 0 Å². The summed E-state index contributed by atoms with van der Waals surface area (Å²) in [7, 11) is -1.28. The van der Waals surface area contributed by atoms with Gasteiger partial charge in [0.1, 0.15) is 0 Å². The lowest BCUT2D eigenvalue weighted by Crippen LogP contribution is -2.30. The molecule has 10 heteroatoms. The Hall–Kier alpha value is -2.46. The smallest absolute Gasteiger partial charge is 0.264 e. The number of carbonyl (C=O) groups is 2. The van der Waals surface area contributed by atoms with Crippen molar-refractivity contribution in [3.8, 4) is 0 Å². The van der Waals surface area contributed by atoms with E-state index in [2.05, 4.69) is 5.32 Å². The molecule has 0 aromatic heterocycles. The van der Waals surface area contributed by atoms with E-state index in [9.17, 15) is 18.0 Å². The van der Waals surface area contributed by atoms with E-state index in [1.54, 1.807) is 17.0 Å². The first-order valence-electron chi connectivity index (χ1n) is 9.18. The lowest BCUT2D eigenvalue weighted by molar-refractivity contribution is -0.0258. The molecular formula is C20H24ClN3O5S. The molecule has 0 saturated heterocycles. The van der Waals surface area contributed by atoms with Crippen LogP contribution in [0.5, 0.6) is 0 Å². The Morgan fingerprint density at radius 3 is 2.17 bits per heavy atom. The first-order chi connectivity index (χ1) is 14.1. The fourth-order valence-corrected chi connectivity index (χ4v) is 3.91. The van der Waals surface area contributed by atoms with Crippen molar-refractivity contribution in [3.63, 3.8) is 0 Å². The van der Waals surface area contributed by atoms with Crippen LogP contribution in [-0.2, 0) is 14.9 Å². The molecule has 1 N–H and O–H groups in total. The van der Waals surface area contributed by atoms with Gasteiger partial charge in [0.15, 0.2) is 0 Å². The van der Waals surface area contributed by atoms with Gasteiger partial charge in [-0.1, -0.05) is 16.1 Å². The fraction of sp³-hybridized carbons (Fsp3) is 0.300. The van der Waals surface area contributed by atoms with Crippen molar-refractivity contribution in [3.05, 3.63) is 58.6 Å². The van der Waals surface area contributed by atoms with E-state index in [1.165, 1.54) is 44.5 Å². The number of amides is 2. The summed E-state index contributed by atoms with van der Waals surface area (Å²) in [5.74, 6) is -0.626. The van der Waals surface area contributed by atoms with Crippen molar-refractivity contribution >= 4 is 39.1 Å². The van der Waals surface area contributed by atoms with Crippen molar-refractivity contribution in [2.45, 2.75) is 18.7 Å². The lowest BCUT2D eigenvalue weighted by Gasteiger charge is -2.19. The Morgan fingerprint density at radius 1 is 1.07 bits per heavy atom. The third kappa shape index (κ3) is 5.17. The summed E-state index contributed by atoms with van der Waals surface area (Å²) < 4.78 is 25.1. The van der Waals surface area contributed by atoms with Crippen LogP contribution in [0.15, 0.2) is 47.4 Å². The number of hydrogen-bond donors (Lipinski definition) is 1. The van der Waals surface area contributed by atoms with Crippen molar-refractivity contribution in [1.29, 1.82) is 0 Å². The van der Waals surface area contributed by atoms with E-state index < -0.39 is 15.9 Å². The van der Waals surface area contributed by atoms with E-state index in [4.69, 9.17) is 16.4 Å². The van der Waals surface area contributed by atoms with Gasteiger partial charge in [-0.25, -0.2) is 8.42 Å². The minimum absolute atomic E-state index is 0.00860. The molecule has 0 aliphatic heterocycles. The molecule has 0 aliphatic rings. The number of hydrogen-bond acceptors (Lipinski definition) is 5. The van der Waals surface area contributed by atoms with Crippen LogP contribution < -0.4 is 5.32 Å². The van der Waals surface area contributed by atoms with Crippen LogP contribution in [0.2, 0.25) is 5.02 Å². The minimum atomic E-state index is -3.79. The van der Waals surface area contributed by atoms with Crippen LogP contribution in [-0.4, -0.2) is 56.8 Å². The van der Waals surface area contributed by atoms with Gasteiger partial charge in [0, 0.05) is 31.4 Å². The molecule has 2 rings (SSSR count). The zero-order chi connectivity index (χ0) is 22.5. The lowest BCUT2D eigenvalue weighted by atomic mass is 10.1. The molecule has 2 aromatic carbocycles. The number of hydroxylamine groups is 1. The zero-order valence-electron chi connectivity index (χ0n) is 17.2. The molecule has 2 amide bonds. The number of benzene rings is 2. The van der Waals surface area contributed by atoms with Crippen LogP contribution in [0.4, 0.5) is 5.69 Å². The van der Waals surface area contributed by atoms with Gasteiger partial charge in [0.2, 0.25) is 0 Å². The van der Waals surface area contributed by atoms with Crippen molar-refractivity contribution in [2.75, 3.05) is 32.6 Å². The Balaban J connectivity index is 2.17. The topological polar surface area (TPSA) is 96.0 Å². The molecule has 162 valence electrons. The molecule has 8 nitrogen and oxygen atoms in total. The maximum Gasteiger partial charge on any atom is 0.264 e. The predicted molar refractivity (Wildman–Crippen MR) is 115 cm³/mol.